The number of rotatable bonds is 6. The van der Waals surface area contributed by atoms with Crippen molar-refractivity contribution < 1.29 is 19.1 Å². The van der Waals surface area contributed by atoms with Crippen LogP contribution in [0.15, 0.2) is 0 Å². The van der Waals surface area contributed by atoms with Gasteiger partial charge in [0.2, 0.25) is 5.91 Å². The highest BCUT2D eigenvalue weighted by atomic mass is 16.5. The second-order valence-electron chi connectivity index (χ2n) is 7.26. The van der Waals surface area contributed by atoms with Gasteiger partial charge in [-0.2, -0.15) is 0 Å². The highest BCUT2D eigenvalue weighted by Crippen LogP contribution is 2.36. The average Bonchev–Trinajstić information content (AvgIpc) is 3.30. The van der Waals surface area contributed by atoms with E-state index in [0.717, 1.165) is 32.1 Å². The number of carbonyl (C=O) groups is 3. The van der Waals surface area contributed by atoms with E-state index >= 15 is 0 Å². The first-order valence-electron chi connectivity index (χ1n) is 9.00. The van der Waals surface area contributed by atoms with Crippen molar-refractivity contribution in [3.05, 3.63) is 22.5 Å². The predicted molar refractivity (Wildman–Crippen MR) is 92.6 cm³/mol. The van der Waals surface area contributed by atoms with Gasteiger partial charge < -0.3 is 14.6 Å². The van der Waals surface area contributed by atoms with Gasteiger partial charge in [0.25, 0.3) is 0 Å². The van der Waals surface area contributed by atoms with Gasteiger partial charge in [-0.1, -0.05) is 6.42 Å². The Labute approximate surface area is 147 Å². The summed E-state index contributed by atoms with van der Waals surface area (Å²) >= 11 is 0. The van der Waals surface area contributed by atoms with Crippen LogP contribution in [0.4, 0.5) is 0 Å². The fourth-order valence-corrected chi connectivity index (χ4v) is 3.67. The third kappa shape index (κ3) is 3.10. The van der Waals surface area contributed by atoms with Gasteiger partial charge in [-0.15, -0.1) is 0 Å². The summed E-state index contributed by atoms with van der Waals surface area (Å²) in [6.45, 7) is 5.32. The molecular weight excluding hydrogens is 320 g/mol. The summed E-state index contributed by atoms with van der Waals surface area (Å²) in [6.07, 6.45) is 4.88. The van der Waals surface area contributed by atoms with Crippen LogP contribution < -0.4 is 0 Å². The molecule has 2 fully saturated rings. The lowest BCUT2D eigenvalue weighted by molar-refractivity contribution is -0.140. The monoisotopic (exact) mass is 346 g/mol. The summed E-state index contributed by atoms with van der Waals surface area (Å²) in [6, 6.07) is -0.328. The molecule has 0 radical (unpaired) electrons. The summed E-state index contributed by atoms with van der Waals surface area (Å²) in [4.78, 5) is 42.6. The highest BCUT2D eigenvalue weighted by Gasteiger charge is 2.42. The first kappa shape index (κ1) is 17.7. The van der Waals surface area contributed by atoms with Crippen LogP contribution in [0, 0.1) is 19.8 Å². The van der Waals surface area contributed by atoms with Gasteiger partial charge in [0.1, 0.15) is 5.69 Å². The normalized spacial score (nSPS) is 18.4. The maximum Gasteiger partial charge on any atom is 0.354 e. The summed E-state index contributed by atoms with van der Waals surface area (Å²) in [7, 11) is 1.31. The van der Waals surface area contributed by atoms with E-state index in [1.807, 2.05) is 0 Å². The first-order valence-corrected chi connectivity index (χ1v) is 9.00. The zero-order valence-corrected chi connectivity index (χ0v) is 15.3. The predicted octanol–water partition coefficient (Wildman–Crippen LogP) is 2.78. The molecule has 1 N–H and O–H groups in total. The van der Waals surface area contributed by atoms with Gasteiger partial charge in [0, 0.05) is 23.2 Å². The number of Topliss-reactive ketones (excluding diaryl/α,β-unsaturated/α-hetero) is 1. The number of aromatic amines is 1. The Morgan fingerprint density at radius 1 is 1.16 bits per heavy atom. The third-order valence-electron chi connectivity index (χ3n) is 5.52. The van der Waals surface area contributed by atoms with E-state index in [-0.39, 0.29) is 23.7 Å². The molecule has 6 nitrogen and oxygen atoms in total. The van der Waals surface area contributed by atoms with Crippen molar-refractivity contribution in [1.29, 1.82) is 0 Å². The smallest absolute Gasteiger partial charge is 0.354 e. The number of esters is 1. The zero-order valence-electron chi connectivity index (χ0n) is 15.3. The summed E-state index contributed by atoms with van der Waals surface area (Å²) in [5, 5.41) is 0. The second-order valence-corrected chi connectivity index (χ2v) is 7.26. The number of hydrogen-bond acceptors (Lipinski definition) is 4. The van der Waals surface area contributed by atoms with Crippen LogP contribution in [0.2, 0.25) is 0 Å². The molecule has 1 amide bonds. The molecule has 2 aliphatic carbocycles. The molecule has 1 heterocycles. The van der Waals surface area contributed by atoms with E-state index in [1.54, 1.807) is 25.7 Å². The van der Waals surface area contributed by atoms with E-state index in [0.29, 0.717) is 22.5 Å². The topological polar surface area (TPSA) is 79.5 Å². The van der Waals surface area contributed by atoms with Gasteiger partial charge in [-0.05, 0) is 52.0 Å². The molecule has 0 bridgehead atoms. The van der Waals surface area contributed by atoms with Crippen LogP contribution in [0.1, 0.15) is 71.1 Å². The number of aryl methyl sites for hydroxylation is 1. The van der Waals surface area contributed by atoms with E-state index in [1.165, 1.54) is 7.11 Å². The number of aromatic nitrogens is 1. The van der Waals surface area contributed by atoms with E-state index in [9.17, 15) is 14.4 Å². The minimum atomic E-state index is -0.515. The minimum Gasteiger partial charge on any atom is -0.464 e. The van der Waals surface area contributed by atoms with Crippen molar-refractivity contribution in [3.8, 4) is 0 Å². The Bertz CT molecular complexity index is 713. The largest absolute Gasteiger partial charge is 0.464 e. The molecular formula is C19H26N2O4. The molecule has 136 valence electrons. The molecule has 0 aliphatic heterocycles. The SMILES string of the molecule is COC(=O)c1[nH]c(C)c(C(=O)C(C)N(C(=O)C2CCC2)C2CC2)c1C. The van der Waals surface area contributed by atoms with Crippen molar-refractivity contribution in [3.63, 3.8) is 0 Å². The average molecular weight is 346 g/mol. The standard InChI is InChI=1S/C19H26N2O4/c1-10-15(11(2)20-16(10)19(24)25-4)17(22)12(3)21(14-8-9-14)18(23)13-6-5-7-13/h12-14,20H,5-9H2,1-4H3. The van der Waals surface area contributed by atoms with Gasteiger partial charge in [-0.25, -0.2) is 4.79 Å². The van der Waals surface area contributed by atoms with Gasteiger partial charge in [0.05, 0.1) is 13.2 Å². The number of nitrogens with one attached hydrogen (secondary N) is 1. The number of amides is 1. The molecule has 0 spiro atoms. The van der Waals surface area contributed by atoms with Crippen LogP contribution in [0.25, 0.3) is 0 Å². The van der Waals surface area contributed by atoms with Crippen molar-refractivity contribution in [1.82, 2.24) is 9.88 Å². The molecule has 0 saturated heterocycles. The molecule has 2 aliphatic rings. The molecule has 2 saturated carbocycles. The van der Waals surface area contributed by atoms with E-state index in [2.05, 4.69) is 4.98 Å². The summed E-state index contributed by atoms with van der Waals surface area (Å²) in [5.74, 6) is -0.401. The van der Waals surface area contributed by atoms with Crippen molar-refractivity contribution in [2.75, 3.05) is 7.11 Å². The lowest BCUT2D eigenvalue weighted by Crippen LogP contribution is -2.48. The Balaban J connectivity index is 1.87. The lowest BCUT2D eigenvalue weighted by atomic mass is 9.83. The lowest BCUT2D eigenvalue weighted by Gasteiger charge is -2.35. The molecule has 1 aromatic heterocycles. The minimum absolute atomic E-state index is 0.0786. The van der Waals surface area contributed by atoms with E-state index < -0.39 is 12.0 Å². The molecule has 1 aromatic rings. The molecule has 3 rings (SSSR count). The fourth-order valence-electron chi connectivity index (χ4n) is 3.67. The van der Waals surface area contributed by atoms with Crippen molar-refractivity contribution in [2.24, 2.45) is 5.92 Å². The molecule has 1 atom stereocenters. The zero-order chi connectivity index (χ0) is 18.3. The highest BCUT2D eigenvalue weighted by molar-refractivity contribution is 6.06. The van der Waals surface area contributed by atoms with Crippen LogP contribution in [0.3, 0.4) is 0 Å². The summed E-state index contributed by atoms with van der Waals surface area (Å²) < 4.78 is 4.77. The number of ether oxygens (including phenoxy) is 1. The maximum absolute atomic E-state index is 13.2. The summed E-state index contributed by atoms with van der Waals surface area (Å²) in [5.41, 5.74) is 2.04. The van der Waals surface area contributed by atoms with Crippen molar-refractivity contribution in [2.45, 2.75) is 65.0 Å². The Hall–Kier alpha value is -2.11. The first-order chi connectivity index (χ1) is 11.9. The fraction of sp³-hybridized carbons (Fsp3) is 0.632. The van der Waals surface area contributed by atoms with Crippen LogP contribution in [-0.4, -0.2) is 46.7 Å². The van der Waals surface area contributed by atoms with Gasteiger partial charge in [-0.3, -0.25) is 9.59 Å². The Morgan fingerprint density at radius 2 is 1.80 bits per heavy atom. The molecule has 1 unspecified atom stereocenters. The van der Waals surface area contributed by atoms with Gasteiger partial charge >= 0.3 is 5.97 Å². The van der Waals surface area contributed by atoms with Crippen LogP contribution in [0.5, 0.6) is 0 Å². The number of carbonyl (C=O) groups excluding carboxylic acids is 3. The number of hydrogen-bond donors (Lipinski definition) is 1. The number of ketones is 1. The Kier molecular flexibility index (Phi) is 4.71. The van der Waals surface area contributed by atoms with E-state index in [4.69, 9.17) is 4.74 Å². The molecule has 6 heteroatoms. The molecule has 25 heavy (non-hydrogen) atoms. The van der Waals surface area contributed by atoms with Crippen LogP contribution in [-0.2, 0) is 9.53 Å². The third-order valence-corrected chi connectivity index (χ3v) is 5.52. The second kappa shape index (κ2) is 6.65. The number of nitrogens with zero attached hydrogens (tertiary/aromatic N) is 1. The Morgan fingerprint density at radius 3 is 2.28 bits per heavy atom. The maximum atomic E-state index is 13.2. The quantitative estimate of drug-likeness (QED) is 0.634. The molecule has 0 aromatic carbocycles. The number of methoxy groups -OCH3 is 1. The van der Waals surface area contributed by atoms with Crippen molar-refractivity contribution >= 4 is 17.7 Å². The van der Waals surface area contributed by atoms with Crippen LogP contribution >= 0.6 is 0 Å². The van der Waals surface area contributed by atoms with Gasteiger partial charge in [0.15, 0.2) is 5.78 Å². The number of H-pyrrole nitrogens is 1.